The van der Waals surface area contributed by atoms with Gasteiger partial charge in [0, 0.05) is 11.3 Å². The van der Waals surface area contributed by atoms with E-state index in [0.717, 1.165) is 28.0 Å². The Morgan fingerprint density at radius 3 is 2.30 bits per heavy atom. The molecule has 3 amide bonds. The number of Topliss-reactive ketones (excluding diaryl/α,β-unsaturated/α-hetero) is 1. The molecule has 0 unspecified atom stereocenters. The summed E-state index contributed by atoms with van der Waals surface area (Å²) in [5, 5.41) is 9.05. The molecular weight excluding hydrogens is 437 g/mol. The van der Waals surface area contributed by atoms with Crippen LogP contribution >= 0.6 is 0 Å². The zero-order valence-electron chi connectivity index (χ0n) is 17.7. The summed E-state index contributed by atoms with van der Waals surface area (Å²) in [6.45, 7) is 2.13. The monoisotopic (exact) mass is 456 g/mol. The van der Waals surface area contributed by atoms with Crippen LogP contribution in [0.5, 0.6) is 0 Å². The van der Waals surface area contributed by atoms with Crippen LogP contribution in [0.4, 0.5) is 23.7 Å². The molecule has 1 atom stereocenters. The second kappa shape index (κ2) is 8.78. The summed E-state index contributed by atoms with van der Waals surface area (Å²) >= 11 is 0. The van der Waals surface area contributed by atoms with Gasteiger partial charge in [-0.25, -0.2) is 4.79 Å². The van der Waals surface area contributed by atoms with Gasteiger partial charge in [0.2, 0.25) is 5.91 Å². The fourth-order valence-corrected chi connectivity index (χ4v) is 3.84. The average molecular weight is 456 g/mol. The minimum atomic E-state index is -4.65. The molecule has 170 valence electrons. The number of carbonyl (C=O) groups excluding carboxylic acids is 3. The molecule has 2 N–H and O–H groups in total. The zero-order chi connectivity index (χ0) is 24.5. The van der Waals surface area contributed by atoms with Crippen molar-refractivity contribution in [1.82, 2.24) is 4.90 Å². The van der Waals surface area contributed by atoms with Crippen molar-refractivity contribution in [3.05, 3.63) is 76.5 Å². The molecule has 0 fully saturated rings. The lowest BCUT2D eigenvalue weighted by Crippen LogP contribution is -2.53. The first-order valence-electron chi connectivity index (χ1n) is 9.73. The number of urea groups is 1. The number of hydrogen-bond acceptors (Lipinski definition) is 4. The van der Waals surface area contributed by atoms with Gasteiger partial charge in [-0.2, -0.15) is 18.4 Å². The van der Waals surface area contributed by atoms with E-state index < -0.39 is 42.0 Å². The van der Waals surface area contributed by atoms with Gasteiger partial charge < -0.3 is 10.6 Å². The number of carbonyl (C=O) groups is 3. The zero-order valence-corrected chi connectivity index (χ0v) is 17.7. The Bertz CT molecular complexity index is 1200. The molecule has 3 rings (SSSR count). The summed E-state index contributed by atoms with van der Waals surface area (Å²) in [6, 6.07) is 10.3. The predicted octanol–water partition coefficient (Wildman–Crippen LogP) is 3.91. The number of ketones is 1. The predicted molar refractivity (Wildman–Crippen MR) is 112 cm³/mol. The highest BCUT2D eigenvalue weighted by atomic mass is 19.4. The SMILES string of the molecule is CC(=O)C1=C(C)N(c2cccc(C(F)(F)F)c2)C(=O)N(CC(N)=O)[C@@H]1c1ccc(C#N)cc1. The van der Waals surface area contributed by atoms with E-state index in [0.29, 0.717) is 11.1 Å². The van der Waals surface area contributed by atoms with Crippen molar-refractivity contribution < 1.29 is 27.6 Å². The van der Waals surface area contributed by atoms with Gasteiger partial charge in [-0.1, -0.05) is 18.2 Å². The van der Waals surface area contributed by atoms with Crippen molar-refractivity contribution in [3.8, 4) is 6.07 Å². The standard InChI is InChI=1S/C23H19F3N4O3/c1-13-20(14(2)31)21(16-8-6-15(11-27)7-9-16)29(12-19(28)32)22(33)30(13)18-5-3-4-17(10-18)23(24,25)26/h3-10,21H,12H2,1-2H3,(H2,28,32)/t21-/m1/s1. The summed E-state index contributed by atoms with van der Waals surface area (Å²) in [4.78, 5) is 40.0. The third kappa shape index (κ3) is 4.57. The minimum absolute atomic E-state index is 0.109. The number of anilines is 1. The van der Waals surface area contributed by atoms with Gasteiger partial charge in [-0.05, 0) is 49.7 Å². The van der Waals surface area contributed by atoms with E-state index >= 15 is 0 Å². The topological polar surface area (TPSA) is 108 Å². The normalized spacial score (nSPS) is 16.6. The summed E-state index contributed by atoms with van der Waals surface area (Å²) in [5.74, 6) is -1.31. The molecule has 0 radical (unpaired) electrons. The van der Waals surface area contributed by atoms with Crippen LogP contribution < -0.4 is 10.6 Å². The molecule has 2 aromatic carbocycles. The van der Waals surface area contributed by atoms with Crippen LogP contribution in [0.15, 0.2) is 59.8 Å². The fraction of sp³-hybridized carbons (Fsp3) is 0.217. The van der Waals surface area contributed by atoms with Crippen LogP contribution in [0.2, 0.25) is 0 Å². The molecule has 0 aliphatic carbocycles. The quantitative estimate of drug-likeness (QED) is 0.736. The molecule has 0 aromatic heterocycles. The maximum absolute atomic E-state index is 13.5. The number of nitriles is 1. The highest BCUT2D eigenvalue weighted by molar-refractivity contribution is 6.05. The number of halogens is 3. The summed E-state index contributed by atoms with van der Waals surface area (Å²) in [5.41, 5.74) is 5.29. The maximum atomic E-state index is 13.5. The van der Waals surface area contributed by atoms with Gasteiger partial charge >= 0.3 is 12.2 Å². The maximum Gasteiger partial charge on any atom is 0.416 e. The van der Waals surface area contributed by atoms with E-state index in [1.165, 1.54) is 32.0 Å². The molecule has 2 aromatic rings. The molecule has 33 heavy (non-hydrogen) atoms. The molecule has 0 spiro atoms. The van der Waals surface area contributed by atoms with Crippen molar-refractivity contribution in [3.63, 3.8) is 0 Å². The van der Waals surface area contributed by atoms with E-state index in [2.05, 4.69) is 0 Å². The Labute approximate surface area is 187 Å². The lowest BCUT2D eigenvalue weighted by Gasteiger charge is -2.42. The van der Waals surface area contributed by atoms with Gasteiger partial charge in [0.25, 0.3) is 0 Å². The number of alkyl halides is 3. The van der Waals surface area contributed by atoms with Crippen molar-refractivity contribution >= 4 is 23.4 Å². The number of nitrogens with zero attached hydrogens (tertiary/aromatic N) is 3. The number of allylic oxidation sites excluding steroid dienone is 1. The van der Waals surface area contributed by atoms with Gasteiger partial charge in [0.15, 0.2) is 5.78 Å². The minimum Gasteiger partial charge on any atom is -0.368 e. The highest BCUT2D eigenvalue weighted by Crippen LogP contribution is 2.40. The Hall–Kier alpha value is -4.13. The lowest BCUT2D eigenvalue weighted by molar-refractivity contribution is -0.137. The van der Waals surface area contributed by atoms with Crippen LogP contribution in [0, 0.1) is 11.3 Å². The highest BCUT2D eigenvalue weighted by Gasteiger charge is 2.42. The van der Waals surface area contributed by atoms with Crippen molar-refractivity contribution in [2.24, 2.45) is 5.73 Å². The Balaban J connectivity index is 2.25. The van der Waals surface area contributed by atoms with Crippen molar-refractivity contribution in [1.29, 1.82) is 5.26 Å². The molecule has 0 saturated carbocycles. The second-order valence-electron chi connectivity index (χ2n) is 7.45. The Morgan fingerprint density at radius 1 is 1.15 bits per heavy atom. The molecular formula is C23H19F3N4O3. The molecule has 10 heteroatoms. The Morgan fingerprint density at radius 2 is 1.79 bits per heavy atom. The van der Waals surface area contributed by atoms with Crippen LogP contribution in [0.25, 0.3) is 0 Å². The van der Waals surface area contributed by atoms with Gasteiger partial charge in [-0.15, -0.1) is 0 Å². The summed E-state index contributed by atoms with van der Waals surface area (Å²) in [7, 11) is 0. The third-order valence-corrected chi connectivity index (χ3v) is 5.24. The Kier molecular flexibility index (Phi) is 6.26. The first-order chi connectivity index (χ1) is 15.5. The first kappa shape index (κ1) is 23.5. The van der Waals surface area contributed by atoms with Gasteiger partial charge in [-0.3, -0.25) is 14.5 Å². The number of primary amides is 1. The van der Waals surface area contributed by atoms with E-state index in [4.69, 9.17) is 11.0 Å². The largest absolute Gasteiger partial charge is 0.416 e. The molecule has 7 nitrogen and oxygen atoms in total. The van der Waals surface area contributed by atoms with Crippen LogP contribution in [-0.4, -0.2) is 29.2 Å². The number of benzene rings is 2. The van der Waals surface area contributed by atoms with E-state index in [-0.39, 0.29) is 17.0 Å². The molecule has 1 heterocycles. The summed E-state index contributed by atoms with van der Waals surface area (Å²) in [6.07, 6.45) is -4.65. The first-order valence-corrected chi connectivity index (χ1v) is 9.73. The van der Waals surface area contributed by atoms with Crippen LogP contribution in [-0.2, 0) is 15.8 Å². The third-order valence-electron chi connectivity index (χ3n) is 5.24. The molecule has 1 aliphatic rings. The van der Waals surface area contributed by atoms with Gasteiger partial charge in [0.1, 0.15) is 6.54 Å². The summed E-state index contributed by atoms with van der Waals surface area (Å²) < 4.78 is 39.8. The fourth-order valence-electron chi connectivity index (χ4n) is 3.84. The molecule has 0 saturated heterocycles. The molecule has 1 aliphatic heterocycles. The second-order valence-corrected chi connectivity index (χ2v) is 7.45. The van der Waals surface area contributed by atoms with E-state index in [1.54, 1.807) is 12.1 Å². The number of nitrogens with two attached hydrogens (primary N) is 1. The molecule has 0 bridgehead atoms. The van der Waals surface area contributed by atoms with Gasteiger partial charge in [0.05, 0.1) is 28.9 Å². The average Bonchev–Trinajstić information content (AvgIpc) is 2.74. The van der Waals surface area contributed by atoms with E-state index in [9.17, 15) is 27.6 Å². The number of hydrogen-bond donors (Lipinski definition) is 1. The van der Waals surface area contributed by atoms with Crippen LogP contribution in [0.3, 0.4) is 0 Å². The van der Waals surface area contributed by atoms with Crippen molar-refractivity contribution in [2.75, 3.05) is 11.4 Å². The van der Waals surface area contributed by atoms with Crippen molar-refractivity contribution in [2.45, 2.75) is 26.1 Å². The lowest BCUT2D eigenvalue weighted by atomic mass is 9.90. The smallest absolute Gasteiger partial charge is 0.368 e. The van der Waals surface area contributed by atoms with Crippen LogP contribution in [0.1, 0.15) is 36.6 Å². The number of rotatable bonds is 5. The number of amides is 3. The van der Waals surface area contributed by atoms with E-state index in [1.807, 2.05) is 6.07 Å².